The predicted octanol–water partition coefficient (Wildman–Crippen LogP) is 2.96. The summed E-state index contributed by atoms with van der Waals surface area (Å²) in [4.78, 5) is 25.3. The first-order chi connectivity index (χ1) is 10.6. The molecule has 0 spiro atoms. The van der Waals surface area contributed by atoms with Crippen LogP contribution in [0.4, 0.5) is 5.69 Å². The van der Waals surface area contributed by atoms with Crippen LogP contribution >= 0.6 is 0 Å². The predicted molar refractivity (Wildman–Crippen MR) is 87.9 cm³/mol. The lowest BCUT2D eigenvalue weighted by Crippen LogP contribution is -2.21. The second kappa shape index (κ2) is 7.41. The Morgan fingerprint density at radius 1 is 1.00 bits per heavy atom. The molecule has 1 N–H and O–H groups in total. The average Bonchev–Trinajstić information content (AvgIpc) is 2.53. The van der Waals surface area contributed by atoms with Crippen molar-refractivity contribution in [3.8, 4) is 0 Å². The van der Waals surface area contributed by atoms with E-state index < -0.39 is 0 Å². The zero-order chi connectivity index (χ0) is 15.9. The van der Waals surface area contributed by atoms with Gasteiger partial charge in [-0.3, -0.25) is 9.59 Å². The summed E-state index contributed by atoms with van der Waals surface area (Å²) >= 11 is 0. The van der Waals surface area contributed by atoms with Gasteiger partial charge in [0.15, 0.2) is 0 Å². The first kappa shape index (κ1) is 15.8. The number of nitrogens with one attached hydrogen (secondary N) is 1. The molecule has 114 valence electrons. The molecule has 4 nitrogen and oxygen atoms in total. The molecular formula is C18H20N2O2. The van der Waals surface area contributed by atoms with E-state index in [2.05, 4.69) is 5.32 Å². The van der Waals surface area contributed by atoms with Crippen molar-refractivity contribution in [2.75, 3.05) is 19.4 Å². The zero-order valence-corrected chi connectivity index (χ0v) is 12.9. The molecule has 0 fully saturated rings. The summed E-state index contributed by atoms with van der Waals surface area (Å²) < 4.78 is 0. The largest absolute Gasteiger partial charge is 0.349 e. The molecule has 0 saturated heterocycles. The van der Waals surface area contributed by atoms with E-state index in [4.69, 9.17) is 0 Å². The molecular weight excluding hydrogens is 276 g/mol. The number of carbonyl (C=O) groups is 2. The van der Waals surface area contributed by atoms with Crippen LogP contribution in [0, 0.1) is 0 Å². The van der Waals surface area contributed by atoms with E-state index in [1.54, 1.807) is 31.1 Å². The van der Waals surface area contributed by atoms with Crippen LogP contribution in [-0.2, 0) is 11.2 Å². The lowest BCUT2D eigenvalue weighted by molar-refractivity contribution is -0.128. The van der Waals surface area contributed by atoms with Crippen molar-refractivity contribution in [2.24, 2.45) is 0 Å². The molecule has 0 bridgehead atoms. The maximum Gasteiger partial charge on any atom is 0.255 e. The summed E-state index contributed by atoms with van der Waals surface area (Å²) in [5.41, 5.74) is 2.39. The third-order valence-corrected chi connectivity index (χ3v) is 3.35. The van der Waals surface area contributed by atoms with Crippen molar-refractivity contribution in [2.45, 2.75) is 12.8 Å². The number of benzene rings is 2. The van der Waals surface area contributed by atoms with Gasteiger partial charge in [0.1, 0.15) is 0 Å². The fraction of sp³-hybridized carbons (Fsp3) is 0.222. The van der Waals surface area contributed by atoms with Crippen LogP contribution < -0.4 is 5.32 Å². The number of aryl methyl sites for hydroxylation is 1. The summed E-state index contributed by atoms with van der Waals surface area (Å²) in [7, 11) is 3.50. The van der Waals surface area contributed by atoms with Crippen LogP contribution in [0.15, 0.2) is 54.6 Å². The van der Waals surface area contributed by atoms with Crippen molar-refractivity contribution in [3.05, 3.63) is 65.7 Å². The summed E-state index contributed by atoms with van der Waals surface area (Å²) in [5.74, 6) is -0.0409. The van der Waals surface area contributed by atoms with E-state index in [1.165, 1.54) is 0 Å². The molecule has 0 unspecified atom stereocenters. The Morgan fingerprint density at radius 2 is 1.73 bits per heavy atom. The zero-order valence-electron chi connectivity index (χ0n) is 12.9. The van der Waals surface area contributed by atoms with Gasteiger partial charge in [0.2, 0.25) is 5.91 Å². The van der Waals surface area contributed by atoms with Crippen LogP contribution in [0.25, 0.3) is 0 Å². The van der Waals surface area contributed by atoms with E-state index >= 15 is 0 Å². The molecule has 0 aliphatic rings. The number of hydrogen-bond donors (Lipinski definition) is 1. The van der Waals surface area contributed by atoms with Gasteiger partial charge in [-0.05, 0) is 36.2 Å². The molecule has 0 radical (unpaired) electrons. The van der Waals surface area contributed by atoms with Crippen molar-refractivity contribution in [1.29, 1.82) is 0 Å². The Bertz CT molecular complexity index is 651. The number of nitrogens with zero attached hydrogens (tertiary/aromatic N) is 1. The minimum absolute atomic E-state index is 0.0960. The first-order valence-electron chi connectivity index (χ1n) is 7.22. The van der Waals surface area contributed by atoms with Crippen LogP contribution in [0.1, 0.15) is 22.3 Å². The Balaban J connectivity index is 1.99. The standard InChI is InChI=1S/C18H20N2O2/c1-20(2)17(21)12-11-14-7-6-10-16(13-14)19-18(22)15-8-4-3-5-9-15/h3-10,13H,11-12H2,1-2H3,(H,19,22). The van der Waals surface area contributed by atoms with Crippen LogP contribution in [0.5, 0.6) is 0 Å². The van der Waals surface area contributed by atoms with Crippen LogP contribution in [0.2, 0.25) is 0 Å². The Morgan fingerprint density at radius 3 is 2.41 bits per heavy atom. The van der Waals surface area contributed by atoms with E-state index in [1.807, 2.05) is 42.5 Å². The van der Waals surface area contributed by atoms with Crippen molar-refractivity contribution in [3.63, 3.8) is 0 Å². The molecule has 0 heterocycles. The van der Waals surface area contributed by atoms with E-state index in [-0.39, 0.29) is 11.8 Å². The van der Waals surface area contributed by atoms with Crippen molar-refractivity contribution < 1.29 is 9.59 Å². The fourth-order valence-electron chi connectivity index (χ4n) is 2.07. The van der Waals surface area contributed by atoms with Crippen LogP contribution in [-0.4, -0.2) is 30.8 Å². The van der Waals surface area contributed by atoms with Crippen molar-refractivity contribution >= 4 is 17.5 Å². The van der Waals surface area contributed by atoms with Gasteiger partial charge in [0, 0.05) is 31.8 Å². The first-order valence-corrected chi connectivity index (χ1v) is 7.22. The lowest BCUT2D eigenvalue weighted by Gasteiger charge is -2.11. The maximum absolute atomic E-state index is 12.1. The van der Waals surface area contributed by atoms with Gasteiger partial charge in [-0.15, -0.1) is 0 Å². The summed E-state index contributed by atoms with van der Waals surface area (Å²) in [6, 6.07) is 16.7. The highest BCUT2D eigenvalue weighted by atomic mass is 16.2. The second-order valence-corrected chi connectivity index (χ2v) is 5.31. The van der Waals surface area contributed by atoms with Gasteiger partial charge in [0.05, 0.1) is 0 Å². The Kier molecular flexibility index (Phi) is 5.31. The van der Waals surface area contributed by atoms with E-state index in [0.29, 0.717) is 18.4 Å². The maximum atomic E-state index is 12.1. The number of amides is 2. The van der Waals surface area contributed by atoms with Gasteiger partial charge < -0.3 is 10.2 Å². The molecule has 2 rings (SSSR count). The highest BCUT2D eigenvalue weighted by molar-refractivity contribution is 6.04. The minimum atomic E-state index is -0.137. The SMILES string of the molecule is CN(C)C(=O)CCc1cccc(NC(=O)c2ccccc2)c1. The summed E-state index contributed by atoms with van der Waals surface area (Å²) in [6.07, 6.45) is 1.12. The summed E-state index contributed by atoms with van der Waals surface area (Å²) in [5, 5.41) is 2.87. The molecule has 22 heavy (non-hydrogen) atoms. The second-order valence-electron chi connectivity index (χ2n) is 5.31. The molecule has 0 aromatic heterocycles. The smallest absolute Gasteiger partial charge is 0.255 e. The molecule has 2 aromatic rings. The Labute approximate surface area is 130 Å². The molecule has 0 aliphatic carbocycles. The minimum Gasteiger partial charge on any atom is -0.349 e. The van der Waals surface area contributed by atoms with Gasteiger partial charge in [-0.2, -0.15) is 0 Å². The van der Waals surface area contributed by atoms with E-state index in [0.717, 1.165) is 11.3 Å². The average molecular weight is 296 g/mol. The Hall–Kier alpha value is -2.62. The molecule has 2 amide bonds. The van der Waals surface area contributed by atoms with Crippen molar-refractivity contribution in [1.82, 2.24) is 4.90 Å². The summed E-state index contributed by atoms with van der Waals surface area (Å²) in [6.45, 7) is 0. The third kappa shape index (κ3) is 4.45. The fourth-order valence-corrected chi connectivity index (χ4v) is 2.07. The topological polar surface area (TPSA) is 49.4 Å². The molecule has 0 aliphatic heterocycles. The van der Waals surface area contributed by atoms with E-state index in [9.17, 15) is 9.59 Å². The highest BCUT2D eigenvalue weighted by Crippen LogP contribution is 2.14. The molecule has 2 aromatic carbocycles. The quantitative estimate of drug-likeness (QED) is 0.922. The van der Waals surface area contributed by atoms with Gasteiger partial charge in [-0.25, -0.2) is 0 Å². The number of rotatable bonds is 5. The van der Waals surface area contributed by atoms with Crippen LogP contribution in [0.3, 0.4) is 0 Å². The van der Waals surface area contributed by atoms with Gasteiger partial charge in [0.25, 0.3) is 5.91 Å². The normalized spacial score (nSPS) is 10.1. The number of anilines is 1. The molecule has 0 atom stereocenters. The monoisotopic (exact) mass is 296 g/mol. The number of hydrogen-bond acceptors (Lipinski definition) is 2. The molecule has 4 heteroatoms. The number of carbonyl (C=O) groups excluding carboxylic acids is 2. The highest BCUT2D eigenvalue weighted by Gasteiger charge is 2.07. The van der Waals surface area contributed by atoms with Gasteiger partial charge >= 0.3 is 0 Å². The third-order valence-electron chi connectivity index (χ3n) is 3.35. The van der Waals surface area contributed by atoms with Gasteiger partial charge in [-0.1, -0.05) is 30.3 Å². The lowest BCUT2D eigenvalue weighted by atomic mass is 10.1. The molecule has 0 saturated carbocycles.